The number of rotatable bonds is 4. The number of nitrogens with zero attached hydrogens (tertiary/aromatic N) is 4. The zero-order chi connectivity index (χ0) is 23.8. The lowest BCUT2D eigenvalue weighted by Crippen LogP contribution is -2.41. The number of carbonyl (C=O) groups excluding carboxylic acids is 2. The zero-order valence-corrected chi connectivity index (χ0v) is 20.0. The van der Waals surface area contributed by atoms with Gasteiger partial charge in [0.05, 0.1) is 28.1 Å². The van der Waals surface area contributed by atoms with Crippen molar-refractivity contribution in [2.24, 2.45) is 11.7 Å². The average Bonchev–Trinajstić information content (AvgIpc) is 3.00. The lowest BCUT2D eigenvalue weighted by molar-refractivity contribution is -0.122. The van der Waals surface area contributed by atoms with Gasteiger partial charge in [-0.2, -0.15) is 0 Å². The summed E-state index contributed by atoms with van der Waals surface area (Å²) in [7, 11) is 0. The number of nitrogens with one attached hydrogen (secondary N) is 1. The van der Waals surface area contributed by atoms with E-state index >= 15 is 0 Å². The van der Waals surface area contributed by atoms with Gasteiger partial charge in [0.1, 0.15) is 16.5 Å². The summed E-state index contributed by atoms with van der Waals surface area (Å²) in [6.45, 7) is 3.87. The molecule has 0 bridgehead atoms. The second-order valence-electron chi connectivity index (χ2n) is 9.08. The van der Waals surface area contributed by atoms with Crippen LogP contribution in [0.1, 0.15) is 53.2 Å². The number of aryl methyl sites for hydroxylation is 2. The van der Waals surface area contributed by atoms with E-state index < -0.39 is 0 Å². The van der Waals surface area contributed by atoms with E-state index in [2.05, 4.69) is 10.3 Å². The number of pyridine rings is 1. The number of thiophene rings is 1. The topological polar surface area (TPSA) is 123 Å². The number of piperidine rings is 1. The van der Waals surface area contributed by atoms with E-state index in [1.807, 2.05) is 17.9 Å². The summed E-state index contributed by atoms with van der Waals surface area (Å²) in [5, 5.41) is 3.44. The lowest BCUT2D eigenvalue weighted by Gasteiger charge is -2.32. The van der Waals surface area contributed by atoms with Crippen molar-refractivity contribution >= 4 is 44.9 Å². The maximum atomic E-state index is 13.1. The molecule has 2 aliphatic heterocycles. The molecule has 5 rings (SSSR count). The van der Waals surface area contributed by atoms with Crippen molar-refractivity contribution in [3.8, 4) is 0 Å². The van der Waals surface area contributed by atoms with Crippen molar-refractivity contribution in [3.05, 3.63) is 44.9 Å². The number of anilines is 2. The van der Waals surface area contributed by atoms with Crippen LogP contribution in [0.4, 0.5) is 11.5 Å². The molecule has 2 aliphatic rings. The molecule has 1 atom stereocenters. The van der Waals surface area contributed by atoms with Crippen molar-refractivity contribution in [1.29, 1.82) is 0 Å². The number of primary amides is 1. The van der Waals surface area contributed by atoms with Gasteiger partial charge in [-0.15, -0.1) is 11.3 Å². The molecule has 178 valence electrons. The summed E-state index contributed by atoms with van der Waals surface area (Å²) in [6.07, 6.45) is 7.18. The maximum absolute atomic E-state index is 13.1. The fraction of sp³-hybridized carbons (Fsp3) is 0.458. The van der Waals surface area contributed by atoms with Crippen molar-refractivity contribution < 1.29 is 9.59 Å². The largest absolute Gasteiger partial charge is 0.369 e. The molecule has 10 heteroatoms. The van der Waals surface area contributed by atoms with Gasteiger partial charge in [0.2, 0.25) is 5.91 Å². The Bertz CT molecular complexity index is 1310. The fourth-order valence-corrected chi connectivity index (χ4v) is 5.96. The number of nitrogens with two attached hydrogens (primary N) is 1. The summed E-state index contributed by atoms with van der Waals surface area (Å²) < 4.78 is 1.78. The van der Waals surface area contributed by atoms with Crippen LogP contribution in [0.25, 0.3) is 10.2 Å². The zero-order valence-electron chi connectivity index (χ0n) is 19.2. The lowest BCUT2D eigenvalue weighted by atomic mass is 9.97. The van der Waals surface area contributed by atoms with Gasteiger partial charge in [-0.25, -0.2) is 9.97 Å². The van der Waals surface area contributed by atoms with Crippen molar-refractivity contribution in [1.82, 2.24) is 14.5 Å². The Kier molecular flexibility index (Phi) is 6.07. The first kappa shape index (κ1) is 22.5. The van der Waals surface area contributed by atoms with Crippen LogP contribution in [0.2, 0.25) is 0 Å². The maximum Gasteiger partial charge on any atom is 0.266 e. The van der Waals surface area contributed by atoms with Crippen LogP contribution < -0.4 is 21.5 Å². The van der Waals surface area contributed by atoms with E-state index in [1.165, 1.54) is 11.3 Å². The highest BCUT2D eigenvalue weighted by Crippen LogP contribution is 2.29. The van der Waals surface area contributed by atoms with Gasteiger partial charge >= 0.3 is 0 Å². The van der Waals surface area contributed by atoms with Crippen LogP contribution in [0.3, 0.4) is 0 Å². The van der Waals surface area contributed by atoms with Gasteiger partial charge < -0.3 is 16.0 Å². The molecule has 0 saturated carbocycles. The van der Waals surface area contributed by atoms with Crippen LogP contribution in [0, 0.1) is 12.8 Å². The molecule has 3 N–H and O–H groups in total. The Hall–Kier alpha value is -3.27. The Balaban J connectivity index is 1.36. The monoisotopic (exact) mass is 480 g/mol. The highest BCUT2D eigenvalue weighted by Gasteiger charge is 2.25. The molecule has 1 saturated heterocycles. The van der Waals surface area contributed by atoms with Gasteiger partial charge in [0.15, 0.2) is 0 Å². The number of carbonyl (C=O) groups is 2. The van der Waals surface area contributed by atoms with Crippen LogP contribution >= 0.6 is 11.3 Å². The molecular weight excluding hydrogens is 452 g/mol. The SMILES string of the molecule is Cc1c(C(=O)Nc2ccc(N3CCCC(C(N)=O)C3)nc2)sc2nc3n(c(=O)c12)CCCCC3. The number of fused-ring (bicyclic) bond motifs is 2. The van der Waals surface area contributed by atoms with Crippen LogP contribution in [-0.4, -0.2) is 39.4 Å². The molecule has 5 heterocycles. The van der Waals surface area contributed by atoms with E-state index in [-0.39, 0.29) is 23.3 Å². The van der Waals surface area contributed by atoms with Gasteiger partial charge in [-0.05, 0) is 50.3 Å². The Morgan fingerprint density at radius 1 is 1.18 bits per heavy atom. The van der Waals surface area contributed by atoms with Crippen LogP contribution in [0.15, 0.2) is 23.1 Å². The van der Waals surface area contributed by atoms with Gasteiger partial charge in [0.25, 0.3) is 11.5 Å². The first-order valence-electron chi connectivity index (χ1n) is 11.8. The summed E-state index contributed by atoms with van der Waals surface area (Å²) in [5.41, 5.74) is 6.67. The van der Waals surface area contributed by atoms with E-state index in [1.54, 1.807) is 16.8 Å². The third-order valence-electron chi connectivity index (χ3n) is 6.77. The third kappa shape index (κ3) is 4.18. The molecule has 3 aromatic rings. The molecular formula is C24H28N6O3S. The smallest absolute Gasteiger partial charge is 0.266 e. The predicted molar refractivity (Wildman–Crippen MR) is 132 cm³/mol. The summed E-state index contributed by atoms with van der Waals surface area (Å²) in [4.78, 5) is 50.2. The summed E-state index contributed by atoms with van der Waals surface area (Å²) in [6, 6.07) is 3.63. The number of aromatic nitrogens is 3. The van der Waals surface area contributed by atoms with E-state index in [0.717, 1.165) is 56.7 Å². The number of hydrogen-bond acceptors (Lipinski definition) is 7. The molecule has 0 aromatic carbocycles. The van der Waals surface area contributed by atoms with Crippen molar-refractivity contribution in [2.45, 2.75) is 52.0 Å². The quantitative estimate of drug-likeness (QED) is 0.592. The van der Waals surface area contributed by atoms with E-state index in [0.29, 0.717) is 39.4 Å². The molecule has 3 aromatic heterocycles. The predicted octanol–water partition coefficient (Wildman–Crippen LogP) is 2.84. The highest BCUT2D eigenvalue weighted by molar-refractivity contribution is 7.20. The molecule has 34 heavy (non-hydrogen) atoms. The first-order valence-corrected chi connectivity index (χ1v) is 12.6. The summed E-state index contributed by atoms with van der Waals surface area (Å²) in [5.74, 6) is 0.845. The molecule has 1 unspecified atom stereocenters. The minimum absolute atomic E-state index is 0.0449. The van der Waals surface area contributed by atoms with Crippen LogP contribution in [0.5, 0.6) is 0 Å². The molecule has 0 aliphatic carbocycles. The third-order valence-corrected chi connectivity index (χ3v) is 7.96. The first-order chi connectivity index (χ1) is 16.4. The normalized spacial score (nSPS) is 18.4. The number of hydrogen-bond donors (Lipinski definition) is 2. The van der Waals surface area contributed by atoms with Gasteiger partial charge in [0, 0.05) is 26.1 Å². The Morgan fingerprint density at radius 2 is 2.03 bits per heavy atom. The van der Waals surface area contributed by atoms with Gasteiger partial charge in [-0.1, -0.05) is 6.42 Å². The molecule has 2 amide bonds. The molecule has 0 spiro atoms. The highest BCUT2D eigenvalue weighted by atomic mass is 32.1. The summed E-state index contributed by atoms with van der Waals surface area (Å²) >= 11 is 1.26. The second kappa shape index (κ2) is 9.17. The molecule has 9 nitrogen and oxygen atoms in total. The minimum Gasteiger partial charge on any atom is -0.369 e. The Labute approximate surface area is 201 Å². The standard InChI is InChI=1S/C24H28N6O3S/c1-14-19-23(28-18-7-3-2-4-11-30(18)24(19)33)34-20(14)22(32)27-16-8-9-17(26-12-16)29-10-5-6-15(13-29)21(25)31/h8-9,12,15H,2-7,10-11,13H2,1H3,(H2,25,31)(H,27,32). The molecule has 1 fully saturated rings. The van der Waals surface area contributed by atoms with Crippen LogP contribution in [-0.2, 0) is 17.8 Å². The second-order valence-corrected chi connectivity index (χ2v) is 10.1. The number of amides is 2. The van der Waals surface area contributed by atoms with Gasteiger partial charge in [-0.3, -0.25) is 19.0 Å². The average molecular weight is 481 g/mol. The minimum atomic E-state index is -0.280. The van der Waals surface area contributed by atoms with E-state index in [9.17, 15) is 14.4 Å². The van der Waals surface area contributed by atoms with Crippen molar-refractivity contribution in [3.63, 3.8) is 0 Å². The Morgan fingerprint density at radius 3 is 2.79 bits per heavy atom. The fourth-order valence-electron chi connectivity index (χ4n) is 4.88. The molecule has 0 radical (unpaired) electrons. The van der Waals surface area contributed by atoms with E-state index in [4.69, 9.17) is 10.7 Å². The van der Waals surface area contributed by atoms with Crippen molar-refractivity contribution in [2.75, 3.05) is 23.3 Å².